The lowest BCUT2D eigenvalue weighted by Gasteiger charge is -2.22. The summed E-state index contributed by atoms with van der Waals surface area (Å²) in [7, 11) is -2.32. The Labute approximate surface area is 157 Å². The highest BCUT2D eigenvalue weighted by molar-refractivity contribution is 7.89. The first kappa shape index (κ1) is 20.8. The van der Waals surface area contributed by atoms with Gasteiger partial charge in [0.1, 0.15) is 0 Å². The molecule has 27 heavy (non-hydrogen) atoms. The zero-order valence-corrected chi connectivity index (χ0v) is 15.8. The molecule has 0 heterocycles. The Kier molecular flexibility index (Phi) is 7.31. The van der Waals surface area contributed by atoms with Crippen LogP contribution in [0.1, 0.15) is 42.5 Å². The van der Waals surface area contributed by atoms with Crippen molar-refractivity contribution in [3.63, 3.8) is 0 Å². The second-order valence-electron chi connectivity index (χ2n) is 6.16. The molecule has 10 heteroatoms. The van der Waals surface area contributed by atoms with Crippen molar-refractivity contribution in [3.8, 4) is 0 Å². The highest BCUT2D eigenvalue weighted by atomic mass is 32.2. The molecular weight excluding hydrogens is 374 g/mol. The highest BCUT2D eigenvalue weighted by Gasteiger charge is 2.18. The maximum absolute atomic E-state index is 11.9. The molecule has 2 rings (SSSR count). The topological polar surface area (TPSA) is 131 Å². The van der Waals surface area contributed by atoms with Gasteiger partial charge in [0.15, 0.2) is 6.61 Å². The molecule has 0 saturated heterocycles. The van der Waals surface area contributed by atoms with E-state index in [1.165, 1.54) is 31.3 Å². The Morgan fingerprint density at radius 2 is 1.70 bits per heavy atom. The predicted molar refractivity (Wildman–Crippen MR) is 96.5 cm³/mol. The summed E-state index contributed by atoms with van der Waals surface area (Å²) in [5.74, 6) is -1.54. The van der Waals surface area contributed by atoms with E-state index >= 15 is 0 Å². The number of imide groups is 1. The van der Waals surface area contributed by atoms with Crippen molar-refractivity contribution in [2.24, 2.45) is 0 Å². The standard InChI is InChI=1S/C17H23N3O6S/c1-18-27(24,25)14-9-7-12(8-10-14)16(22)26-11-15(21)20-17(23)19-13-5-3-2-4-6-13/h7-10,13,18H,2-6,11H2,1H3,(H2,19,20,21,23). The van der Waals surface area contributed by atoms with Crippen LogP contribution >= 0.6 is 0 Å². The van der Waals surface area contributed by atoms with Crippen molar-refractivity contribution < 1.29 is 27.5 Å². The number of rotatable bonds is 6. The first-order valence-corrected chi connectivity index (χ1v) is 10.1. The van der Waals surface area contributed by atoms with Crippen molar-refractivity contribution in [1.82, 2.24) is 15.4 Å². The monoisotopic (exact) mass is 397 g/mol. The average molecular weight is 397 g/mol. The van der Waals surface area contributed by atoms with Crippen molar-refractivity contribution in [3.05, 3.63) is 29.8 Å². The molecule has 1 saturated carbocycles. The summed E-state index contributed by atoms with van der Waals surface area (Å²) in [4.78, 5) is 35.4. The van der Waals surface area contributed by atoms with Gasteiger partial charge in [0.25, 0.3) is 5.91 Å². The second kappa shape index (κ2) is 9.47. The molecule has 1 aromatic rings. The molecule has 148 valence electrons. The molecule has 0 atom stereocenters. The fourth-order valence-corrected chi connectivity index (χ4v) is 3.46. The van der Waals surface area contributed by atoms with E-state index in [2.05, 4.69) is 15.4 Å². The number of hydrogen-bond acceptors (Lipinski definition) is 6. The minimum absolute atomic E-state index is 0.00123. The van der Waals surface area contributed by atoms with Crippen LogP contribution in [0.25, 0.3) is 0 Å². The van der Waals surface area contributed by atoms with Gasteiger partial charge in [-0.05, 0) is 44.2 Å². The van der Waals surface area contributed by atoms with Gasteiger partial charge in [-0.15, -0.1) is 0 Å². The zero-order valence-electron chi connectivity index (χ0n) is 15.0. The average Bonchev–Trinajstić information content (AvgIpc) is 2.67. The van der Waals surface area contributed by atoms with E-state index in [0.717, 1.165) is 32.1 Å². The lowest BCUT2D eigenvalue weighted by molar-refractivity contribution is -0.123. The molecule has 1 aromatic carbocycles. The highest BCUT2D eigenvalue weighted by Crippen LogP contribution is 2.17. The fourth-order valence-electron chi connectivity index (χ4n) is 2.73. The van der Waals surface area contributed by atoms with Crippen LogP contribution in [0.2, 0.25) is 0 Å². The van der Waals surface area contributed by atoms with Crippen molar-refractivity contribution >= 4 is 27.9 Å². The smallest absolute Gasteiger partial charge is 0.338 e. The number of sulfonamides is 1. The molecule has 1 aliphatic rings. The van der Waals surface area contributed by atoms with E-state index in [1.54, 1.807) is 0 Å². The van der Waals surface area contributed by atoms with E-state index in [0.29, 0.717) is 0 Å². The normalized spacial score (nSPS) is 15.0. The van der Waals surface area contributed by atoms with Gasteiger partial charge in [-0.25, -0.2) is 22.7 Å². The SMILES string of the molecule is CNS(=O)(=O)c1ccc(C(=O)OCC(=O)NC(=O)NC2CCCCC2)cc1. The Morgan fingerprint density at radius 3 is 2.30 bits per heavy atom. The fraction of sp³-hybridized carbons (Fsp3) is 0.471. The van der Waals surface area contributed by atoms with Crippen LogP contribution in [-0.4, -0.2) is 46.0 Å². The Hall–Kier alpha value is -2.46. The summed E-state index contributed by atoms with van der Waals surface area (Å²) >= 11 is 0. The van der Waals surface area contributed by atoms with Crippen LogP contribution in [0.3, 0.4) is 0 Å². The lowest BCUT2D eigenvalue weighted by atomic mass is 9.96. The number of carbonyl (C=O) groups excluding carboxylic acids is 3. The molecule has 0 aromatic heterocycles. The Morgan fingerprint density at radius 1 is 1.07 bits per heavy atom. The molecule has 3 amide bonds. The number of urea groups is 1. The van der Waals surface area contributed by atoms with Crippen LogP contribution < -0.4 is 15.4 Å². The maximum Gasteiger partial charge on any atom is 0.338 e. The third-order valence-electron chi connectivity index (χ3n) is 4.20. The van der Waals surface area contributed by atoms with Crippen LogP contribution in [0.15, 0.2) is 29.2 Å². The Bertz CT molecular complexity index is 785. The van der Waals surface area contributed by atoms with Crippen molar-refractivity contribution in [2.75, 3.05) is 13.7 Å². The summed E-state index contributed by atoms with van der Waals surface area (Å²) in [5, 5.41) is 4.84. The number of benzene rings is 1. The molecule has 9 nitrogen and oxygen atoms in total. The number of carbonyl (C=O) groups is 3. The lowest BCUT2D eigenvalue weighted by Crippen LogP contribution is -2.46. The number of amides is 3. The first-order valence-electron chi connectivity index (χ1n) is 8.63. The van der Waals surface area contributed by atoms with Crippen LogP contribution in [0.4, 0.5) is 4.79 Å². The van der Waals surface area contributed by atoms with Crippen molar-refractivity contribution in [2.45, 2.75) is 43.0 Å². The van der Waals surface area contributed by atoms with Crippen LogP contribution in [0, 0.1) is 0 Å². The molecule has 0 unspecified atom stereocenters. The Balaban J connectivity index is 1.78. The summed E-state index contributed by atoms with van der Waals surface area (Å²) in [5.41, 5.74) is 0.0875. The van der Waals surface area contributed by atoms with Gasteiger partial charge >= 0.3 is 12.0 Å². The van der Waals surface area contributed by atoms with Gasteiger partial charge in [0.2, 0.25) is 10.0 Å². The largest absolute Gasteiger partial charge is 0.452 e. The van der Waals surface area contributed by atoms with E-state index < -0.39 is 34.5 Å². The number of nitrogens with one attached hydrogen (secondary N) is 3. The molecule has 1 fully saturated rings. The van der Waals surface area contributed by atoms with E-state index in [4.69, 9.17) is 4.74 Å². The van der Waals surface area contributed by atoms with Gasteiger partial charge in [-0.2, -0.15) is 0 Å². The molecular formula is C17H23N3O6S. The molecule has 0 bridgehead atoms. The number of esters is 1. The summed E-state index contributed by atoms with van der Waals surface area (Å²) < 4.78 is 30.2. The van der Waals surface area contributed by atoms with E-state index in [9.17, 15) is 22.8 Å². The third kappa shape index (κ3) is 6.33. The summed E-state index contributed by atoms with van der Waals surface area (Å²) in [6.07, 6.45) is 5.01. The van der Waals surface area contributed by atoms with Crippen LogP contribution in [0.5, 0.6) is 0 Å². The van der Waals surface area contributed by atoms with Gasteiger partial charge in [-0.3, -0.25) is 10.1 Å². The molecule has 0 spiro atoms. The van der Waals surface area contributed by atoms with E-state index in [1.807, 2.05) is 0 Å². The molecule has 3 N–H and O–H groups in total. The van der Waals surface area contributed by atoms with Gasteiger partial charge < -0.3 is 10.1 Å². The van der Waals surface area contributed by atoms with Crippen molar-refractivity contribution in [1.29, 1.82) is 0 Å². The quantitative estimate of drug-likeness (QED) is 0.612. The van der Waals surface area contributed by atoms with Crippen LogP contribution in [-0.2, 0) is 19.6 Å². The summed E-state index contributed by atoms with van der Waals surface area (Å²) in [6, 6.07) is 4.51. The zero-order chi connectivity index (χ0) is 19.9. The summed E-state index contributed by atoms with van der Waals surface area (Å²) in [6.45, 7) is -0.618. The molecule has 0 radical (unpaired) electrons. The van der Waals surface area contributed by atoms with Gasteiger partial charge in [0, 0.05) is 6.04 Å². The molecule has 1 aliphatic carbocycles. The minimum Gasteiger partial charge on any atom is -0.452 e. The first-order chi connectivity index (χ1) is 12.8. The van der Waals surface area contributed by atoms with Gasteiger partial charge in [-0.1, -0.05) is 19.3 Å². The van der Waals surface area contributed by atoms with E-state index in [-0.39, 0.29) is 16.5 Å². The predicted octanol–water partition coefficient (Wildman–Crippen LogP) is 0.910. The number of hydrogen-bond donors (Lipinski definition) is 3. The third-order valence-corrected chi connectivity index (χ3v) is 5.63. The van der Waals surface area contributed by atoms with Gasteiger partial charge in [0.05, 0.1) is 10.5 Å². The second-order valence-corrected chi connectivity index (χ2v) is 8.05. The minimum atomic E-state index is -3.60. The maximum atomic E-state index is 11.9. The number of ether oxygens (including phenoxy) is 1. The molecule has 0 aliphatic heterocycles.